The molecule has 0 aromatic carbocycles. The Bertz CT molecular complexity index is 289. The van der Waals surface area contributed by atoms with Gasteiger partial charge in [0, 0.05) is 18.5 Å². The van der Waals surface area contributed by atoms with E-state index in [9.17, 15) is 0 Å². The highest BCUT2D eigenvalue weighted by molar-refractivity contribution is 7.99. The van der Waals surface area contributed by atoms with Gasteiger partial charge in [-0.3, -0.25) is 0 Å². The van der Waals surface area contributed by atoms with Gasteiger partial charge in [0.1, 0.15) is 0 Å². The standard InChI is InChI=1S/C12H18N2S/c1-14-8-4-5-11(9-14)10-15-12-6-2-3-7-13-12/h2-3,6-7,11H,4-5,8-10H2,1H3. The van der Waals surface area contributed by atoms with E-state index in [-0.39, 0.29) is 0 Å². The number of rotatable bonds is 3. The zero-order chi connectivity index (χ0) is 10.5. The van der Waals surface area contributed by atoms with Crippen molar-refractivity contribution in [3.63, 3.8) is 0 Å². The van der Waals surface area contributed by atoms with Crippen molar-refractivity contribution in [2.75, 3.05) is 25.9 Å². The van der Waals surface area contributed by atoms with Crippen molar-refractivity contribution in [2.45, 2.75) is 17.9 Å². The Morgan fingerprint density at radius 3 is 3.20 bits per heavy atom. The van der Waals surface area contributed by atoms with Crippen LogP contribution in [0.15, 0.2) is 29.4 Å². The summed E-state index contributed by atoms with van der Waals surface area (Å²) in [5.74, 6) is 2.05. The Morgan fingerprint density at radius 2 is 2.47 bits per heavy atom. The zero-order valence-corrected chi connectivity index (χ0v) is 10.0. The zero-order valence-electron chi connectivity index (χ0n) is 9.22. The lowest BCUT2D eigenvalue weighted by Crippen LogP contribution is -2.33. The third kappa shape index (κ3) is 3.50. The van der Waals surface area contributed by atoms with Crippen molar-refractivity contribution in [2.24, 2.45) is 5.92 Å². The molecule has 2 nitrogen and oxygen atoms in total. The maximum Gasteiger partial charge on any atom is 0.0959 e. The van der Waals surface area contributed by atoms with Gasteiger partial charge in [0.15, 0.2) is 0 Å². The number of aromatic nitrogens is 1. The summed E-state index contributed by atoms with van der Waals surface area (Å²) >= 11 is 1.89. The monoisotopic (exact) mass is 222 g/mol. The number of pyridine rings is 1. The molecule has 0 bridgehead atoms. The third-order valence-corrected chi connectivity index (χ3v) is 4.00. The second kappa shape index (κ2) is 5.52. The lowest BCUT2D eigenvalue weighted by Gasteiger charge is -2.29. The smallest absolute Gasteiger partial charge is 0.0959 e. The van der Waals surface area contributed by atoms with Gasteiger partial charge in [-0.2, -0.15) is 0 Å². The van der Waals surface area contributed by atoms with Crippen molar-refractivity contribution < 1.29 is 0 Å². The molecule has 1 aromatic heterocycles. The van der Waals surface area contributed by atoms with E-state index in [2.05, 4.69) is 29.1 Å². The van der Waals surface area contributed by atoms with Gasteiger partial charge in [0.2, 0.25) is 0 Å². The highest BCUT2D eigenvalue weighted by atomic mass is 32.2. The molecule has 1 saturated heterocycles. The second-order valence-corrected chi connectivity index (χ2v) is 5.29. The molecule has 1 aliphatic rings. The first-order valence-electron chi connectivity index (χ1n) is 5.57. The molecule has 3 heteroatoms. The predicted octanol–water partition coefficient (Wildman–Crippen LogP) is 2.52. The number of hydrogen-bond donors (Lipinski definition) is 0. The Morgan fingerprint density at radius 1 is 1.53 bits per heavy atom. The number of hydrogen-bond acceptors (Lipinski definition) is 3. The fourth-order valence-corrected chi connectivity index (χ4v) is 3.03. The van der Waals surface area contributed by atoms with E-state index in [1.54, 1.807) is 0 Å². The second-order valence-electron chi connectivity index (χ2n) is 4.25. The van der Waals surface area contributed by atoms with Crippen LogP contribution in [0.4, 0.5) is 0 Å². The molecule has 15 heavy (non-hydrogen) atoms. The number of thioether (sulfide) groups is 1. The van der Waals surface area contributed by atoms with Crippen LogP contribution >= 0.6 is 11.8 Å². The van der Waals surface area contributed by atoms with Crippen molar-refractivity contribution in [1.82, 2.24) is 9.88 Å². The summed E-state index contributed by atoms with van der Waals surface area (Å²) < 4.78 is 0. The van der Waals surface area contributed by atoms with Crippen molar-refractivity contribution in [1.29, 1.82) is 0 Å². The van der Waals surface area contributed by atoms with Crippen LogP contribution in [0.25, 0.3) is 0 Å². The van der Waals surface area contributed by atoms with Gasteiger partial charge in [-0.05, 0) is 44.5 Å². The SMILES string of the molecule is CN1CCCC(CSc2ccccn2)C1. The van der Waals surface area contributed by atoms with Gasteiger partial charge in [-0.15, -0.1) is 11.8 Å². The van der Waals surface area contributed by atoms with E-state index in [1.807, 2.05) is 24.0 Å². The van der Waals surface area contributed by atoms with Crippen LogP contribution in [0.1, 0.15) is 12.8 Å². The lowest BCUT2D eigenvalue weighted by molar-refractivity contribution is 0.224. The average Bonchev–Trinajstić information content (AvgIpc) is 2.28. The number of likely N-dealkylation sites (tertiary alicyclic amines) is 1. The molecule has 0 amide bonds. The highest BCUT2D eigenvalue weighted by Gasteiger charge is 2.17. The predicted molar refractivity (Wildman–Crippen MR) is 65.2 cm³/mol. The fraction of sp³-hybridized carbons (Fsp3) is 0.583. The van der Waals surface area contributed by atoms with E-state index in [0.29, 0.717) is 0 Å². The summed E-state index contributed by atoms with van der Waals surface area (Å²) in [5.41, 5.74) is 0. The molecule has 1 atom stereocenters. The Kier molecular flexibility index (Phi) is 4.03. The molecule has 1 fully saturated rings. The average molecular weight is 222 g/mol. The van der Waals surface area contributed by atoms with Crippen LogP contribution in [0.5, 0.6) is 0 Å². The molecule has 0 aliphatic carbocycles. The minimum Gasteiger partial charge on any atom is -0.306 e. The van der Waals surface area contributed by atoms with Crippen molar-refractivity contribution in [3.8, 4) is 0 Å². The maximum atomic E-state index is 4.33. The Labute approximate surface area is 96.1 Å². The molecule has 0 spiro atoms. The van der Waals surface area contributed by atoms with E-state index < -0.39 is 0 Å². The molecular weight excluding hydrogens is 204 g/mol. The van der Waals surface area contributed by atoms with Gasteiger partial charge in [-0.1, -0.05) is 6.07 Å². The molecule has 2 rings (SSSR count). The Balaban J connectivity index is 1.78. The summed E-state index contributed by atoms with van der Waals surface area (Å²) in [6.45, 7) is 2.52. The van der Waals surface area contributed by atoms with Gasteiger partial charge < -0.3 is 4.90 Å². The van der Waals surface area contributed by atoms with Crippen molar-refractivity contribution in [3.05, 3.63) is 24.4 Å². The maximum absolute atomic E-state index is 4.33. The molecule has 1 aliphatic heterocycles. The summed E-state index contributed by atoms with van der Waals surface area (Å²) in [6, 6.07) is 6.12. The number of piperidine rings is 1. The summed E-state index contributed by atoms with van der Waals surface area (Å²) in [5, 5.41) is 1.16. The van der Waals surface area contributed by atoms with Crippen LogP contribution in [0, 0.1) is 5.92 Å². The number of nitrogens with zero attached hydrogens (tertiary/aromatic N) is 2. The van der Waals surface area contributed by atoms with E-state index in [1.165, 1.54) is 31.7 Å². The van der Waals surface area contributed by atoms with Gasteiger partial charge in [0.05, 0.1) is 5.03 Å². The normalized spacial score (nSPS) is 22.9. The molecule has 1 unspecified atom stereocenters. The quantitative estimate of drug-likeness (QED) is 0.731. The van der Waals surface area contributed by atoms with E-state index in [4.69, 9.17) is 0 Å². The minimum atomic E-state index is 0.843. The van der Waals surface area contributed by atoms with E-state index >= 15 is 0 Å². The first-order chi connectivity index (χ1) is 7.34. The highest BCUT2D eigenvalue weighted by Crippen LogP contribution is 2.23. The topological polar surface area (TPSA) is 16.1 Å². The van der Waals surface area contributed by atoms with E-state index in [0.717, 1.165) is 10.9 Å². The van der Waals surface area contributed by atoms with Gasteiger partial charge in [-0.25, -0.2) is 4.98 Å². The fourth-order valence-electron chi connectivity index (χ4n) is 2.04. The molecule has 0 N–H and O–H groups in total. The molecular formula is C12H18N2S. The van der Waals surface area contributed by atoms with Gasteiger partial charge >= 0.3 is 0 Å². The summed E-state index contributed by atoms with van der Waals surface area (Å²) in [7, 11) is 2.22. The first-order valence-corrected chi connectivity index (χ1v) is 6.55. The lowest BCUT2D eigenvalue weighted by atomic mass is 10.0. The first kappa shape index (κ1) is 11.0. The summed E-state index contributed by atoms with van der Waals surface area (Å²) in [4.78, 5) is 6.77. The molecule has 0 radical (unpaired) electrons. The third-order valence-electron chi connectivity index (χ3n) is 2.83. The Hall–Kier alpha value is -0.540. The largest absolute Gasteiger partial charge is 0.306 e. The minimum absolute atomic E-state index is 0.843. The van der Waals surface area contributed by atoms with Crippen LogP contribution in [-0.4, -0.2) is 35.8 Å². The van der Waals surface area contributed by atoms with Gasteiger partial charge in [0.25, 0.3) is 0 Å². The van der Waals surface area contributed by atoms with Crippen LogP contribution in [-0.2, 0) is 0 Å². The molecule has 0 saturated carbocycles. The van der Waals surface area contributed by atoms with Crippen molar-refractivity contribution >= 4 is 11.8 Å². The van der Waals surface area contributed by atoms with Crippen LogP contribution < -0.4 is 0 Å². The molecule has 2 heterocycles. The molecule has 1 aromatic rings. The summed E-state index contributed by atoms with van der Waals surface area (Å²) in [6.07, 6.45) is 4.60. The van der Waals surface area contributed by atoms with Crippen LogP contribution in [0.3, 0.4) is 0 Å². The molecule has 82 valence electrons. The van der Waals surface area contributed by atoms with Crippen LogP contribution in [0.2, 0.25) is 0 Å².